The SMILES string of the molecule is CC.O=C(COc1ccc(CO)cc1)N1CCC(Oc2ccc(F)c(F)c2)C1. The van der Waals surface area contributed by atoms with Crippen LogP contribution >= 0.6 is 0 Å². The monoisotopic (exact) mass is 393 g/mol. The third-order valence-electron chi connectivity index (χ3n) is 4.16. The molecule has 0 aromatic heterocycles. The number of aliphatic hydroxyl groups is 1. The Kier molecular flexibility index (Phi) is 8.19. The first-order valence-corrected chi connectivity index (χ1v) is 9.27. The van der Waals surface area contributed by atoms with Crippen LogP contribution in [0.3, 0.4) is 0 Å². The summed E-state index contributed by atoms with van der Waals surface area (Å²) in [5.74, 6) is -1.28. The smallest absolute Gasteiger partial charge is 0.260 e. The van der Waals surface area contributed by atoms with E-state index in [2.05, 4.69) is 0 Å². The fourth-order valence-electron chi connectivity index (χ4n) is 2.72. The molecular formula is C21H25F2NO4. The first kappa shape index (κ1) is 21.6. The molecule has 0 spiro atoms. The second-order valence-corrected chi connectivity index (χ2v) is 6.03. The van der Waals surface area contributed by atoms with Crippen LogP contribution in [-0.2, 0) is 11.4 Å². The van der Waals surface area contributed by atoms with Gasteiger partial charge in [0.25, 0.3) is 5.91 Å². The second-order valence-electron chi connectivity index (χ2n) is 6.03. The van der Waals surface area contributed by atoms with Gasteiger partial charge in [-0.2, -0.15) is 0 Å². The Bertz CT molecular complexity index is 768. The third-order valence-corrected chi connectivity index (χ3v) is 4.16. The molecular weight excluding hydrogens is 368 g/mol. The molecule has 2 aromatic rings. The van der Waals surface area contributed by atoms with Gasteiger partial charge < -0.3 is 19.5 Å². The Morgan fingerprint density at radius 3 is 2.43 bits per heavy atom. The molecule has 1 atom stereocenters. The van der Waals surface area contributed by atoms with Crippen molar-refractivity contribution in [3.8, 4) is 11.5 Å². The molecule has 1 saturated heterocycles. The van der Waals surface area contributed by atoms with Crippen molar-refractivity contribution < 1.29 is 28.2 Å². The Morgan fingerprint density at radius 2 is 1.79 bits per heavy atom. The number of aliphatic hydroxyl groups excluding tert-OH is 1. The molecule has 2 aromatic carbocycles. The van der Waals surface area contributed by atoms with Crippen LogP contribution in [0, 0.1) is 11.6 Å². The van der Waals surface area contributed by atoms with Crippen LogP contribution in [0.4, 0.5) is 8.78 Å². The van der Waals surface area contributed by atoms with Crippen molar-refractivity contribution in [1.29, 1.82) is 0 Å². The van der Waals surface area contributed by atoms with Crippen LogP contribution in [0.25, 0.3) is 0 Å². The van der Waals surface area contributed by atoms with Crippen LogP contribution in [0.15, 0.2) is 42.5 Å². The average molecular weight is 393 g/mol. The standard InChI is InChI=1S/C19H19F2NO4.C2H6/c20-17-6-5-15(9-18(17)21)26-16-7-8-22(10-16)19(24)12-25-14-3-1-13(11-23)2-4-14;1-2/h1-6,9,16,23H,7-8,10-12H2;1-2H3. The Hall–Kier alpha value is -2.67. The summed E-state index contributed by atoms with van der Waals surface area (Å²) in [5, 5.41) is 9.00. The maximum Gasteiger partial charge on any atom is 0.260 e. The molecule has 3 rings (SSSR count). The van der Waals surface area contributed by atoms with E-state index in [4.69, 9.17) is 14.6 Å². The molecule has 1 unspecified atom stereocenters. The van der Waals surface area contributed by atoms with E-state index in [0.717, 1.165) is 17.7 Å². The number of halogens is 2. The number of hydrogen-bond acceptors (Lipinski definition) is 4. The van der Waals surface area contributed by atoms with Gasteiger partial charge in [-0.05, 0) is 29.8 Å². The van der Waals surface area contributed by atoms with E-state index in [9.17, 15) is 13.6 Å². The highest BCUT2D eigenvalue weighted by atomic mass is 19.2. The largest absolute Gasteiger partial charge is 0.488 e. The zero-order chi connectivity index (χ0) is 20.5. The van der Waals surface area contributed by atoms with E-state index in [1.807, 2.05) is 13.8 Å². The minimum absolute atomic E-state index is 0.0493. The summed E-state index contributed by atoms with van der Waals surface area (Å²) < 4.78 is 37.2. The van der Waals surface area contributed by atoms with E-state index in [0.29, 0.717) is 25.3 Å². The van der Waals surface area contributed by atoms with Gasteiger partial charge in [0, 0.05) is 19.0 Å². The molecule has 7 heteroatoms. The molecule has 152 valence electrons. The second kappa shape index (κ2) is 10.6. The summed E-state index contributed by atoms with van der Waals surface area (Å²) in [5.41, 5.74) is 0.764. The number of nitrogens with zero attached hydrogens (tertiary/aromatic N) is 1. The van der Waals surface area contributed by atoms with Crippen LogP contribution in [0.1, 0.15) is 25.8 Å². The number of hydrogen-bond donors (Lipinski definition) is 1. The molecule has 1 aliphatic rings. The third kappa shape index (κ3) is 5.92. The fourth-order valence-corrected chi connectivity index (χ4v) is 2.72. The number of benzene rings is 2. The molecule has 1 amide bonds. The van der Waals surface area contributed by atoms with E-state index >= 15 is 0 Å². The average Bonchev–Trinajstić information content (AvgIpc) is 3.19. The summed E-state index contributed by atoms with van der Waals surface area (Å²) in [6, 6.07) is 10.2. The van der Waals surface area contributed by atoms with Gasteiger partial charge >= 0.3 is 0 Å². The quantitative estimate of drug-likeness (QED) is 0.816. The van der Waals surface area contributed by atoms with Gasteiger partial charge in [-0.15, -0.1) is 0 Å². The minimum atomic E-state index is -0.964. The Balaban J connectivity index is 0.00000136. The minimum Gasteiger partial charge on any atom is -0.488 e. The molecule has 0 radical (unpaired) electrons. The van der Waals surface area contributed by atoms with Crippen molar-refractivity contribution in [2.24, 2.45) is 0 Å². The summed E-state index contributed by atoms with van der Waals surface area (Å²) in [7, 11) is 0. The molecule has 0 saturated carbocycles. The lowest BCUT2D eigenvalue weighted by molar-refractivity contribution is -0.132. The predicted molar refractivity (Wildman–Crippen MR) is 101 cm³/mol. The zero-order valence-electron chi connectivity index (χ0n) is 16.0. The molecule has 5 nitrogen and oxygen atoms in total. The van der Waals surface area contributed by atoms with E-state index in [1.54, 1.807) is 29.2 Å². The molecule has 28 heavy (non-hydrogen) atoms. The number of rotatable bonds is 6. The molecule has 0 aliphatic carbocycles. The van der Waals surface area contributed by atoms with Crippen LogP contribution in [-0.4, -0.2) is 41.7 Å². The number of carbonyl (C=O) groups is 1. The predicted octanol–water partition coefficient (Wildman–Crippen LogP) is 3.54. The lowest BCUT2D eigenvalue weighted by Crippen LogP contribution is -2.34. The van der Waals surface area contributed by atoms with Crippen molar-refractivity contribution >= 4 is 5.91 Å². The highest BCUT2D eigenvalue weighted by Crippen LogP contribution is 2.21. The number of amides is 1. The maximum absolute atomic E-state index is 13.2. The summed E-state index contributed by atoms with van der Waals surface area (Å²) in [6.45, 7) is 4.73. The van der Waals surface area contributed by atoms with E-state index < -0.39 is 11.6 Å². The van der Waals surface area contributed by atoms with Crippen molar-refractivity contribution in [1.82, 2.24) is 4.90 Å². The molecule has 1 aliphatic heterocycles. The molecule has 1 fully saturated rings. The highest BCUT2D eigenvalue weighted by Gasteiger charge is 2.28. The Labute approximate surface area is 163 Å². The van der Waals surface area contributed by atoms with Crippen molar-refractivity contribution in [3.63, 3.8) is 0 Å². The first-order valence-electron chi connectivity index (χ1n) is 9.27. The van der Waals surface area contributed by atoms with Gasteiger partial charge in [-0.3, -0.25) is 4.79 Å². The molecule has 0 bridgehead atoms. The lowest BCUT2D eigenvalue weighted by atomic mass is 10.2. The maximum atomic E-state index is 13.2. The van der Waals surface area contributed by atoms with Crippen LogP contribution in [0.2, 0.25) is 0 Å². The molecule has 1 heterocycles. The van der Waals surface area contributed by atoms with Crippen molar-refractivity contribution in [3.05, 3.63) is 59.7 Å². The van der Waals surface area contributed by atoms with Gasteiger partial charge in [-0.1, -0.05) is 26.0 Å². The zero-order valence-corrected chi connectivity index (χ0v) is 16.0. The van der Waals surface area contributed by atoms with Crippen LogP contribution < -0.4 is 9.47 Å². The van der Waals surface area contributed by atoms with Gasteiger partial charge in [-0.25, -0.2) is 8.78 Å². The van der Waals surface area contributed by atoms with Crippen molar-refractivity contribution in [2.45, 2.75) is 33.0 Å². The molecule has 1 N–H and O–H groups in total. The van der Waals surface area contributed by atoms with Gasteiger partial charge in [0.05, 0.1) is 13.2 Å². The van der Waals surface area contributed by atoms with Gasteiger partial charge in [0.2, 0.25) is 0 Å². The van der Waals surface area contributed by atoms with Gasteiger partial charge in [0.15, 0.2) is 18.2 Å². The van der Waals surface area contributed by atoms with Gasteiger partial charge in [0.1, 0.15) is 17.6 Å². The normalized spacial score (nSPS) is 15.6. The van der Waals surface area contributed by atoms with Crippen molar-refractivity contribution in [2.75, 3.05) is 19.7 Å². The first-order chi connectivity index (χ1) is 13.5. The lowest BCUT2D eigenvalue weighted by Gasteiger charge is -2.17. The van der Waals surface area contributed by atoms with E-state index in [-0.39, 0.29) is 31.0 Å². The van der Waals surface area contributed by atoms with E-state index in [1.165, 1.54) is 6.07 Å². The Morgan fingerprint density at radius 1 is 1.11 bits per heavy atom. The fraction of sp³-hybridized carbons (Fsp3) is 0.381. The number of likely N-dealkylation sites (tertiary alicyclic amines) is 1. The summed E-state index contributed by atoms with van der Waals surface area (Å²) >= 11 is 0. The van der Waals surface area contributed by atoms with Crippen LogP contribution in [0.5, 0.6) is 11.5 Å². The number of ether oxygens (including phenoxy) is 2. The summed E-state index contributed by atoms with van der Waals surface area (Å²) in [6.07, 6.45) is 0.336. The number of carbonyl (C=O) groups excluding carboxylic acids is 1. The topological polar surface area (TPSA) is 59.0 Å². The highest BCUT2D eigenvalue weighted by molar-refractivity contribution is 5.78. The summed E-state index contributed by atoms with van der Waals surface area (Å²) in [4.78, 5) is 13.9.